The minimum atomic E-state index is -3.74. The fourth-order valence-corrected chi connectivity index (χ4v) is 3.70. The van der Waals surface area contributed by atoms with Crippen LogP contribution in [-0.4, -0.2) is 53.7 Å². The lowest BCUT2D eigenvalue weighted by Gasteiger charge is -2.37. The number of hydrogen-bond acceptors (Lipinski definition) is 7. The van der Waals surface area contributed by atoms with Crippen LogP contribution in [0.4, 0.5) is 0 Å². The Labute approximate surface area is 146 Å². The van der Waals surface area contributed by atoms with E-state index in [1.54, 1.807) is 13.8 Å². The van der Waals surface area contributed by atoms with Crippen molar-refractivity contribution in [3.05, 3.63) is 0 Å². The average Bonchev–Trinajstić information content (AvgIpc) is 2.67. The molecule has 1 heterocycles. The van der Waals surface area contributed by atoms with Gasteiger partial charge in [-0.25, -0.2) is 0 Å². The number of nitriles is 1. The van der Waals surface area contributed by atoms with Gasteiger partial charge in [0.15, 0.2) is 20.2 Å². The lowest BCUT2D eigenvalue weighted by Crippen LogP contribution is -2.47. The second-order valence-corrected chi connectivity index (χ2v) is 14.5. The van der Waals surface area contributed by atoms with Crippen LogP contribution >= 0.6 is 0 Å². The van der Waals surface area contributed by atoms with Gasteiger partial charge in [-0.1, -0.05) is 20.8 Å². The molecule has 1 saturated heterocycles. The molecule has 1 aliphatic rings. The summed E-state index contributed by atoms with van der Waals surface area (Å²) in [4.78, 5) is 0. The summed E-state index contributed by atoms with van der Waals surface area (Å²) < 4.78 is 45.7. The van der Waals surface area contributed by atoms with Crippen LogP contribution in [0.3, 0.4) is 0 Å². The van der Waals surface area contributed by atoms with E-state index >= 15 is 0 Å². The summed E-state index contributed by atoms with van der Waals surface area (Å²) in [5, 5.41) is 9.24. The molecule has 1 aliphatic heterocycles. The minimum absolute atomic E-state index is 0.0197. The zero-order chi connectivity index (χ0) is 19.0. The predicted octanol–water partition coefficient (Wildman–Crippen LogP) is 2.40. The van der Waals surface area contributed by atoms with E-state index in [-0.39, 0.29) is 11.6 Å². The van der Waals surface area contributed by atoms with Crippen LogP contribution in [0.2, 0.25) is 18.1 Å². The number of rotatable bonds is 6. The molecule has 0 radical (unpaired) electrons. The van der Waals surface area contributed by atoms with Crippen LogP contribution in [0.25, 0.3) is 0 Å². The third-order valence-corrected chi connectivity index (χ3v) is 9.43. The molecule has 0 aliphatic carbocycles. The molecule has 0 amide bonds. The minimum Gasteiger partial charge on any atom is -0.414 e. The van der Waals surface area contributed by atoms with Gasteiger partial charge in [0, 0.05) is 0 Å². The van der Waals surface area contributed by atoms with E-state index in [0.717, 1.165) is 6.26 Å². The molecule has 0 aromatic carbocycles. The van der Waals surface area contributed by atoms with Crippen LogP contribution in [0.1, 0.15) is 34.6 Å². The SMILES string of the molecule is CC1(C)O[C@H]([C@@H](CO[Si](C)(C)C(C)(C)C)OS(C)(=O)=O)[C@H](C#N)O1. The molecule has 9 heteroatoms. The Bertz CT molecular complexity index is 590. The molecule has 0 bridgehead atoms. The van der Waals surface area contributed by atoms with Crippen molar-refractivity contribution >= 4 is 18.4 Å². The first-order chi connectivity index (χ1) is 10.6. The first-order valence-electron chi connectivity index (χ1n) is 7.85. The van der Waals surface area contributed by atoms with Crippen molar-refractivity contribution in [2.45, 2.75) is 76.8 Å². The van der Waals surface area contributed by atoms with Gasteiger partial charge in [-0.3, -0.25) is 4.18 Å². The van der Waals surface area contributed by atoms with Crippen molar-refractivity contribution in [3.8, 4) is 6.07 Å². The fraction of sp³-hybridized carbons (Fsp3) is 0.933. The number of ether oxygens (including phenoxy) is 2. The van der Waals surface area contributed by atoms with E-state index in [1.807, 2.05) is 6.07 Å². The average molecular weight is 380 g/mol. The molecule has 140 valence electrons. The monoisotopic (exact) mass is 379 g/mol. The summed E-state index contributed by atoms with van der Waals surface area (Å²) in [5.74, 6) is -0.985. The second kappa shape index (κ2) is 7.01. The first-order valence-corrected chi connectivity index (χ1v) is 12.6. The van der Waals surface area contributed by atoms with E-state index in [1.165, 1.54) is 0 Å². The Morgan fingerprint density at radius 1 is 1.29 bits per heavy atom. The van der Waals surface area contributed by atoms with Crippen LogP contribution < -0.4 is 0 Å². The molecular formula is C15H29NO6SSi. The van der Waals surface area contributed by atoms with Crippen molar-refractivity contribution in [2.24, 2.45) is 0 Å². The van der Waals surface area contributed by atoms with Gasteiger partial charge in [0.2, 0.25) is 0 Å². The molecule has 0 saturated carbocycles. The van der Waals surface area contributed by atoms with E-state index in [0.29, 0.717) is 0 Å². The van der Waals surface area contributed by atoms with Gasteiger partial charge in [0.25, 0.3) is 10.1 Å². The molecule has 0 spiro atoms. The Morgan fingerprint density at radius 3 is 2.25 bits per heavy atom. The highest BCUT2D eigenvalue weighted by atomic mass is 32.2. The third-order valence-electron chi connectivity index (χ3n) is 4.34. The van der Waals surface area contributed by atoms with Gasteiger partial charge in [0.1, 0.15) is 12.2 Å². The van der Waals surface area contributed by atoms with Crippen LogP contribution in [0.15, 0.2) is 0 Å². The summed E-state index contributed by atoms with van der Waals surface area (Å²) >= 11 is 0. The van der Waals surface area contributed by atoms with Gasteiger partial charge >= 0.3 is 0 Å². The summed E-state index contributed by atoms with van der Waals surface area (Å²) in [5.41, 5.74) is 0. The smallest absolute Gasteiger partial charge is 0.264 e. The quantitative estimate of drug-likeness (QED) is 0.516. The Kier molecular flexibility index (Phi) is 6.30. The lowest BCUT2D eigenvalue weighted by molar-refractivity contribution is -0.152. The maximum atomic E-state index is 11.6. The lowest BCUT2D eigenvalue weighted by atomic mass is 10.1. The second-order valence-electron chi connectivity index (χ2n) is 8.06. The van der Waals surface area contributed by atoms with Crippen molar-refractivity contribution in [3.63, 3.8) is 0 Å². The first kappa shape index (κ1) is 21.5. The summed E-state index contributed by atoms with van der Waals surface area (Å²) in [6, 6.07) is 2.00. The molecule has 7 nitrogen and oxygen atoms in total. The molecular weight excluding hydrogens is 350 g/mol. The Balaban J connectivity index is 3.00. The third kappa shape index (κ3) is 5.79. The summed E-state index contributed by atoms with van der Waals surface area (Å²) in [7, 11) is -5.86. The molecule has 1 rings (SSSR count). The van der Waals surface area contributed by atoms with E-state index < -0.39 is 42.5 Å². The Morgan fingerprint density at radius 2 is 1.83 bits per heavy atom. The predicted molar refractivity (Wildman–Crippen MR) is 92.3 cm³/mol. The van der Waals surface area contributed by atoms with Gasteiger partial charge in [-0.15, -0.1) is 0 Å². The van der Waals surface area contributed by atoms with Crippen molar-refractivity contribution in [2.75, 3.05) is 12.9 Å². The maximum absolute atomic E-state index is 11.6. The van der Waals surface area contributed by atoms with Crippen molar-refractivity contribution in [1.82, 2.24) is 0 Å². The standard InChI is InChI=1S/C15H29NO6SSi/c1-14(2,3)24(7,8)19-10-12(22-23(6,17)18)13-11(9-16)20-15(4,5)21-13/h11-13H,10H2,1-8H3/t11-,12+,13-/m0/s1. The van der Waals surface area contributed by atoms with Crippen LogP contribution in [-0.2, 0) is 28.2 Å². The van der Waals surface area contributed by atoms with Crippen molar-refractivity contribution < 1.29 is 26.5 Å². The molecule has 1 fully saturated rings. The zero-order valence-electron chi connectivity index (χ0n) is 15.7. The largest absolute Gasteiger partial charge is 0.414 e. The van der Waals surface area contributed by atoms with Gasteiger partial charge < -0.3 is 13.9 Å². The molecule has 0 unspecified atom stereocenters. The van der Waals surface area contributed by atoms with E-state index in [2.05, 4.69) is 33.9 Å². The Hall–Kier alpha value is -0.503. The van der Waals surface area contributed by atoms with Gasteiger partial charge in [0.05, 0.1) is 18.9 Å². The topological polar surface area (TPSA) is 94.9 Å². The van der Waals surface area contributed by atoms with Crippen molar-refractivity contribution in [1.29, 1.82) is 5.26 Å². The molecule has 24 heavy (non-hydrogen) atoms. The molecule has 3 atom stereocenters. The van der Waals surface area contributed by atoms with E-state index in [4.69, 9.17) is 18.1 Å². The fourth-order valence-electron chi connectivity index (χ4n) is 2.07. The van der Waals surface area contributed by atoms with Crippen LogP contribution in [0.5, 0.6) is 0 Å². The molecule has 0 N–H and O–H groups in total. The highest BCUT2D eigenvalue weighted by Gasteiger charge is 2.48. The highest BCUT2D eigenvalue weighted by molar-refractivity contribution is 7.86. The summed E-state index contributed by atoms with van der Waals surface area (Å²) in [6.45, 7) is 13.7. The maximum Gasteiger partial charge on any atom is 0.264 e. The van der Waals surface area contributed by atoms with Gasteiger partial charge in [-0.2, -0.15) is 13.7 Å². The van der Waals surface area contributed by atoms with Crippen LogP contribution in [0, 0.1) is 11.3 Å². The molecule has 0 aromatic rings. The highest BCUT2D eigenvalue weighted by Crippen LogP contribution is 2.37. The van der Waals surface area contributed by atoms with Gasteiger partial charge in [-0.05, 0) is 32.0 Å². The zero-order valence-corrected chi connectivity index (χ0v) is 17.6. The summed E-state index contributed by atoms with van der Waals surface area (Å²) in [6.07, 6.45) is -1.74. The normalized spacial score (nSPS) is 26.1. The van der Waals surface area contributed by atoms with E-state index in [9.17, 15) is 13.7 Å². The molecule has 0 aromatic heterocycles. The number of hydrogen-bond donors (Lipinski definition) is 0. The number of nitrogens with zero attached hydrogens (tertiary/aromatic N) is 1.